The smallest absolute Gasteiger partial charge is 0.251 e. The fourth-order valence-electron chi connectivity index (χ4n) is 6.44. The zero-order chi connectivity index (χ0) is 23.5. The minimum absolute atomic E-state index is 0.0727. The maximum absolute atomic E-state index is 14.1. The molecule has 2 amide bonds. The third-order valence-electron chi connectivity index (χ3n) is 8.17. The number of rotatable bonds is 6. The highest BCUT2D eigenvalue weighted by molar-refractivity contribution is 5.94. The Labute approximate surface area is 203 Å². The van der Waals surface area contributed by atoms with E-state index in [-0.39, 0.29) is 29.8 Å². The summed E-state index contributed by atoms with van der Waals surface area (Å²) in [5, 5.41) is 7.02. The average molecular weight is 460 g/mol. The van der Waals surface area contributed by atoms with E-state index in [1.165, 1.54) is 24.1 Å². The van der Waals surface area contributed by atoms with Gasteiger partial charge in [-0.2, -0.15) is 0 Å². The van der Waals surface area contributed by atoms with Crippen molar-refractivity contribution < 1.29 is 9.59 Å². The molecule has 2 heterocycles. The first-order valence-corrected chi connectivity index (χ1v) is 13.2. The molecular weight excluding hydrogens is 422 g/mol. The van der Waals surface area contributed by atoms with Crippen molar-refractivity contribution in [1.29, 1.82) is 0 Å². The summed E-state index contributed by atoms with van der Waals surface area (Å²) >= 11 is 0. The van der Waals surface area contributed by atoms with Crippen molar-refractivity contribution in [3.63, 3.8) is 0 Å². The number of hydrogen-bond donors (Lipinski definition) is 2. The number of carbonyl (C=O) groups excluding carboxylic acids is 2. The van der Waals surface area contributed by atoms with Crippen molar-refractivity contribution >= 4 is 17.5 Å². The third kappa shape index (κ3) is 4.45. The number of amides is 2. The highest BCUT2D eigenvalue weighted by atomic mass is 16.2. The van der Waals surface area contributed by atoms with Crippen LogP contribution in [0.5, 0.6) is 0 Å². The molecule has 5 nitrogen and oxygen atoms in total. The van der Waals surface area contributed by atoms with E-state index in [0.29, 0.717) is 17.5 Å². The van der Waals surface area contributed by atoms with Gasteiger partial charge in [0.2, 0.25) is 5.91 Å². The molecule has 5 atom stereocenters. The number of nitrogens with zero attached hydrogens (tertiary/aromatic N) is 1. The van der Waals surface area contributed by atoms with Crippen molar-refractivity contribution in [3.8, 4) is 0 Å². The highest BCUT2D eigenvalue weighted by Crippen LogP contribution is 2.48. The standard InChI is InChI=1S/C29H37N3O2/c1-2-3-15-24-22-18-19-32(27(22)21-13-7-9-16-25(21)30-24)29(34)23-14-8-10-17-26(23)31-28(33)20-11-5-4-6-12-20/h4-7,9,11-13,16,22-24,26-27,30H,2-3,8,10,14-15,17-19H2,1H3,(H,31,33)/t22?,23-,24?,26+,27?/m0/s1. The van der Waals surface area contributed by atoms with Crippen molar-refractivity contribution in [1.82, 2.24) is 10.2 Å². The molecule has 1 saturated carbocycles. The first kappa shape index (κ1) is 22.9. The minimum Gasteiger partial charge on any atom is -0.382 e. The summed E-state index contributed by atoms with van der Waals surface area (Å²) in [6.45, 7) is 3.05. The number of carbonyl (C=O) groups is 2. The van der Waals surface area contributed by atoms with Crippen LogP contribution < -0.4 is 10.6 Å². The van der Waals surface area contributed by atoms with Crippen LogP contribution in [0.15, 0.2) is 54.6 Å². The SMILES string of the molecule is CCCCC1Nc2ccccc2C2C1CCN2C(=O)[C@H]1CCCC[C@H]1NC(=O)c1ccccc1. The molecule has 2 aromatic carbocycles. The topological polar surface area (TPSA) is 61.4 Å². The number of hydrogen-bond acceptors (Lipinski definition) is 3. The molecule has 0 radical (unpaired) electrons. The number of fused-ring (bicyclic) bond motifs is 3. The number of benzene rings is 2. The molecular formula is C29H37N3O2. The molecule has 3 unspecified atom stereocenters. The molecule has 2 aliphatic heterocycles. The van der Waals surface area contributed by atoms with Gasteiger partial charge in [-0.1, -0.05) is 69.0 Å². The van der Waals surface area contributed by atoms with E-state index >= 15 is 0 Å². The Morgan fingerprint density at radius 2 is 1.76 bits per heavy atom. The minimum atomic E-state index is -0.142. The van der Waals surface area contributed by atoms with Gasteiger partial charge in [0.05, 0.1) is 12.0 Å². The van der Waals surface area contributed by atoms with Crippen molar-refractivity contribution in [2.24, 2.45) is 11.8 Å². The van der Waals surface area contributed by atoms with Crippen molar-refractivity contribution in [3.05, 3.63) is 65.7 Å². The van der Waals surface area contributed by atoms with Gasteiger partial charge in [0.1, 0.15) is 0 Å². The maximum Gasteiger partial charge on any atom is 0.251 e. The summed E-state index contributed by atoms with van der Waals surface area (Å²) in [4.78, 5) is 29.1. The lowest BCUT2D eigenvalue weighted by atomic mass is 9.80. The molecule has 5 rings (SSSR count). The van der Waals surface area contributed by atoms with E-state index < -0.39 is 0 Å². The average Bonchev–Trinajstić information content (AvgIpc) is 3.33. The molecule has 1 saturated heterocycles. The van der Waals surface area contributed by atoms with Gasteiger partial charge in [-0.05, 0) is 49.4 Å². The summed E-state index contributed by atoms with van der Waals surface area (Å²) in [6, 6.07) is 18.3. The second kappa shape index (κ2) is 10.2. The fraction of sp³-hybridized carbons (Fsp3) is 0.517. The lowest BCUT2D eigenvalue weighted by Crippen LogP contribution is -2.50. The van der Waals surface area contributed by atoms with Crippen LogP contribution >= 0.6 is 0 Å². The summed E-state index contributed by atoms with van der Waals surface area (Å²) in [5.74, 6) is 0.468. The van der Waals surface area contributed by atoms with E-state index in [9.17, 15) is 9.59 Å². The van der Waals surface area contributed by atoms with E-state index in [0.717, 1.165) is 45.1 Å². The molecule has 3 aliphatic rings. The molecule has 34 heavy (non-hydrogen) atoms. The van der Waals surface area contributed by atoms with E-state index in [2.05, 4.69) is 46.7 Å². The third-order valence-corrected chi connectivity index (χ3v) is 8.17. The fourth-order valence-corrected chi connectivity index (χ4v) is 6.44. The largest absolute Gasteiger partial charge is 0.382 e. The molecule has 2 fully saturated rings. The molecule has 0 aromatic heterocycles. The van der Waals surface area contributed by atoms with Gasteiger partial charge in [-0.15, -0.1) is 0 Å². The molecule has 2 N–H and O–H groups in total. The van der Waals surface area contributed by atoms with Crippen LogP contribution in [0.3, 0.4) is 0 Å². The van der Waals surface area contributed by atoms with Gasteiger partial charge in [0, 0.05) is 35.8 Å². The van der Waals surface area contributed by atoms with Crippen molar-refractivity contribution in [2.75, 3.05) is 11.9 Å². The first-order valence-electron chi connectivity index (χ1n) is 13.2. The molecule has 1 aliphatic carbocycles. The van der Waals surface area contributed by atoms with Gasteiger partial charge in [0.15, 0.2) is 0 Å². The Balaban J connectivity index is 1.37. The maximum atomic E-state index is 14.1. The number of para-hydroxylation sites is 1. The second-order valence-corrected chi connectivity index (χ2v) is 10.2. The zero-order valence-electron chi connectivity index (χ0n) is 20.2. The summed E-state index contributed by atoms with van der Waals surface area (Å²) < 4.78 is 0. The molecule has 0 spiro atoms. The Morgan fingerprint density at radius 3 is 2.59 bits per heavy atom. The van der Waals surface area contributed by atoms with Gasteiger partial charge in [0.25, 0.3) is 5.91 Å². The van der Waals surface area contributed by atoms with Crippen LogP contribution in [0.25, 0.3) is 0 Å². The monoisotopic (exact) mass is 459 g/mol. The zero-order valence-corrected chi connectivity index (χ0v) is 20.2. The normalized spacial score (nSPS) is 27.9. The van der Waals surface area contributed by atoms with Crippen LogP contribution in [0, 0.1) is 11.8 Å². The number of anilines is 1. The van der Waals surface area contributed by atoms with Crippen LogP contribution in [0.1, 0.15) is 80.3 Å². The molecule has 5 heteroatoms. The van der Waals surface area contributed by atoms with Crippen LogP contribution in [-0.4, -0.2) is 35.3 Å². The Bertz CT molecular complexity index is 1010. The number of likely N-dealkylation sites (tertiary alicyclic amines) is 1. The molecule has 2 aromatic rings. The van der Waals surface area contributed by atoms with E-state index in [4.69, 9.17) is 0 Å². The first-order chi connectivity index (χ1) is 16.7. The summed E-state index contributed by atoms with van der Waals surface area (Å²) in [7, 11) is 0. The lowest BCUT2D eigenvalue weighted by molar-refractivity contribution is -0.138. The van der Waals surface area contributed by atoms with Crippen LogP contribution in [0.4, 0.5) is 5.69 Å². The molecule has 180 valence electrons. The molecule has 0 bridgehead atoms. The van der Waals surface area contributed by atoms with Crippen molar-refractivity contribution in [2.45, 2.75) is 76.4 Å². The van der Waals surface area contributed by atoms with Crippen LogP contribution in [0.2, 0.25) is 0 Å². The predicted molar refractivity (Wildman–Crippen MR) is 136 cm³/mol. The Hall–Kier alpha value is -2.82. The number of unbranched alkanes of at least 4 members (excludes halogenated alkanes) is 1. The Morgan fingerprint density at radius 1 is 1.00 bits per heavy atom. The van der Waals surface area contributed by atoms with E-state index in [1.807, 2.05) is 30.3 Å². The Kier molecular flexibility index (Phi) is 6.89. The number of nitrogens with one attached hydrogen (secondary N) is 2. The van der Waals surface area contributed by atoms with Gasteiger partial charge in [-0.25, -0.2) is 0 Å². The van der Waals surface area contributed by atoms with Crippen LogP contribution in [-0.2, 0) is 4.79 Å². The second-order valence-electron chi connectivity index (χ2n) is 10.2. The highest BCUT2D eigenvalue weighted by Gasteiger charge is 2.47. The van der Waals surface area contributed by atoms with E-state index in [1.54, 1.807) is 0 Å². The van der Waals surface area contributed by atoms with Gasteiger partial charge >= 0.3 is 0 Å². The van der Waals surface area contributed by atoms with Gasteiger partial charge < -0.3 is 15.5 Å². The quantitative estimate of drug-likeness (QED) is 0.595. The van der Waals surface area contributed by atoms with Gasteiger partial charge in [-0.3, -0.25) is 9.59 Å². The lowest BCUT2D eigenvalue weighted by Gasteiger charge is -2.42. The summed E-state index contributed by atoms with van der Waals surface area (Å²) in [5.41, 5.74) is 3.10. The predicted octanol–water partition coefficient (Wildman–Crippen LogP) is 5.55. The summed E-state index contributed by atoms with van der Waals surface area (Å²) in [6.07, 6.45) is 8.40.